The lowest BCUT2D eigenvalue weighted by Gasteiger charge is -2.12. The van der Waals surface area contributed by atoms with Gasteiger partial charge < -0.3 is 24.7 Å². The first-order chi connectivity index (χ1) is 17.4. The van der Waals surface area contributed by atoms with Gasteiger partial charge in [-0.05, 0) is 31.2 Å². The van der Waals surface area contributed by atoms with E-state index in [1.165, 1.54) is 6.92 Å². The second-order valence-electron chi connectivity index (χ2n) is 8.70. The Morgan fingerprint density at radius 3 is 2.58 bits per heavy atom. The van der Waals surface area contributed by atoms with Crippen LogP contribution in [-0.2, 0) is 25.7 Å². The number of H-pyrrole nitrogens is 1. The third-order valence-electron chi connectivity index (χ3n) is 6.18. The summed E-state index contributed by atoms with van der Waals surface area (Å²) in [5.74, 6) is -1.20. The lowest BCUT2D eigenvalue weighted by atomic mass is 9.95. The molecule has 4 aromatic rings. The molecular formula is C27H26N4O5. The molecule has 0 fully saturated rings. The molecule has 1 unspecified atom stereocenters. The minimum Gasteiger partial charge on any atom is -0.389 e. The number of nitrogens with zero attached hydrogens (tertiary/aromatic N) is 1. The number of hydrogen-bond acceptors (Lipinski definition) is 5. The van der Waals surface area contributed by atoms with E-state index in [-0.39, 0.29) is 30.2 Å². The summed E-state index contributed by atoms with van der Waals surface area (Å²) in [6.45, 7) is 4.14. The predicted molar refractivity (Wildman–Crippen MR) is 137 cm³/mol. The molecule has 3 heterocycles. The largest absolute Gasteiger partial charge is 0.389 e. The lowest BCUT2D eigenvalue weighted by molar-refractivity contribution is -0.123. The number of carbonyl (C=O) groups is 3. The zero-order chi connectivity index (χ0) is 25.4. The molecular weight excluding hydrogens is 460 g/mol. The van der Waals surface area contributed by atoms with Gasteiger partial charge in [-0.1, -0.05) is 18.2 Å². The van der Waals surface area contributed by atoms with Crippen LogP contribution in [0.2, 0.25) is 0 Å². The van der Waals surface area contributed by atoms with Gasteiger partial charge in [-0.15, -0.1) is 0 Å². The Hall–Kier alpha value is -4.21. The molecule has 1 aliphatic rings. The number of nitrogens with one attached hydrogen (secondary N) is 3. The quantitative estimate of drug-likeness (QED) is 0.285. The van der Waals surface area contributed by atoms with Gasteiger partial charge in [0, 0.05) is 64.5 Å². The number of benzene rings is 2. The maximum absolute atomic E-state index is 13.2. The van der Waals surface area contributed by atoms with E-state index in [1.54, 1.807) is 24.5 Å². The molecule has 9 nitrogen and oxygen atoms in total. The lowest BCUT2D eigenvalue weighted by Crippen LogP contribution is -2.22. The van der Waals surface area contributed by atoms with Crippen LogP contribution in [0.1, 0.15) is 25.0 Å². The van der Waals surface area contributed by atoms with Crippen molar-refractivity contribution in [3.8, 4) is 0 Å². The van der Waals surface area contributed by atoms with Gasteiger partial charge in [0.05, 0.1) is 30.4 Å². The molecule has 0 saturated carbocycles. The van der Waals surface area contributed by atoms with Crippen molar-refractivity contribution in [3.63, 3.8) is 0 Å². The molecule has 1 atom stereocenters. The first-order valence-electron chi connectivity index (χ1n) is 11.7. The summed E-state index contributed by atoms with van der Waals surface area (Å²) < 4.78 is 7.19. The van der Waals surface area contributed by atoms with Crippen molar-refractivity contribution in [1.29, 1.82) is 0 Å². The smallest absolute Gasteiger partial charge is 0.259 e. The number of aromatic amines is 1. The van der Waals surface area contributed by atoms with Crippen LogP contribution in [0.3, 0.4) is 0 Å². The fourth-order valence-electron chi connectivity index (χ4n) is 4.71. The third-order valence-corrected chi connectivity index (χ3v) is 6.18. The highest BCUT2D eigenvalue weighted by molar-refractivity contribution is 6.50. The molecule has 0 radical (unpaired) electrons. The number of amides is 3. The summed E-state index contributed by atoms with van der Waals surface area (Å²) in [6.07, 6.45) is 2.72. The molecule has 36 heavy (non-hydrogen) atoms. The highest BCUT2D eigenvalue weighted by Crippen LogP contribution is 2.39. The maximum atomic E-state index is 13.2. The van der Waals surface area contributed by atoms with Crippen LogP contribution < -0.4 is 10.6 Å². The van der Waals surface area contributed by atoms with Crippen LogP contribution in [0.15, 0.2) is 54.9 Å². The standard InChI is InChI=1S/C27H26N4O5/c1-3-36-14-17(33)12-31-13-21(19-10-16(29-15(2)32)8-9-23(19)31)25-24(26(34)30-27(25)35)20-11-28-22-7-5-4-6-18(20)22/h4-11,13,17,28,33H,3,12,14H2,1-2H3,(H,29,32)(H,30,34,35). The molecule has 1 aliphatic heterocycles. The number of aliphatic hydroxyl groups is 1. The molecule has 4 N–H and O–H groups in total. The van der Waals surface area contributed by atoms with Crippen molar-refractivity contribution in [2.75, 3.05) is 18.5 Å². The number of imide groups is 1. The average Bonchev–Trinajstić information content (AvgIpc) is 3.50. The molecule has 9 heteroatoms. The summed E-state index contributed by atoms with van der Waals surface area (Å²) >= 11 is 0. The molecule has 2 aromatic heterocycles. The Morgan fingerprint density at radius 1 is 1.08 bits per heavy atom. The number of carbonyl (C=O) groups excluding carboxylic acids is 3. The molecule has 184 valence electrons. The Labute approximate surface area is 206 Å². The molecule has 5 rings (SSSR count). The van der Waals surface area contributed by atoms with Crippen LogP contribution in [0.4, 0.5) is 5.69 Å². The first-order valence-corrected chi connectivity index (χ1v) is 11.7. The Balaban J connectivity index is 1.72. The number of hydrogen-bond donors (Lipinski definition) is 4. The topological polar surface area (TPSA) is 125 Å². The van der Waals surface area contributed by atoms with Gasteiger partial charge in [-0.2, -0.15) is 0 Å². The van der Waals surface area contributed by atoms with Crippen LogP contribution in [0, 0.1) is 0 Å². The van der Waals surface area contributed by atoms with Crippen LogP contribution in [0.25, 0.3) is 33.0 Å². The third kappa shape index (κ3) is 4.19. The van der Waals surface area contributed by atoms with Gasteiger partial charge in [-0.3, -0.25) is 19.7 Å². The number of anilines is 1. The van der Waals surface area contributed by atoms with Crippen molar-refractivity contribution in [2.24, 2.45) is 0 Å². The fraction of sp³-hybridized carbons (Fsp3) is 0.222. The second-order valence-corrected chi connectivity index (χ2v) is 8.70. The van der Waals surface area contributed by atoms with E-state index in [9.17, 15) is 19.5 Å². The first kappa shape index (κ1) is 23.5. The van der Waals surface area contributed by atoms with E-state index in [2.05, 4.69) is 15.6 Å². The minimum absolute atomic E-state index is 0.164. The number of para-hydroxylation sites is 1. The number of aliphatic hydroxyl groups excluding tert-OH is 1. The predicted octanol–water partition coefficient (Wildman–Crippen LogP) is 3.05. The maximum Gasteiger partial charge on any atom is 0.259 e. The Bertz CT molecular complexity index is 1540. The average molecular weight is 487 g/mol. The second kappa shape index (κ2) is 9.44. The molecule has 0 spiro atoms. The van der Waals surface area contributed by atoms with Crippen LogP contribution in [0.5, 0.6) is 0 Å². The van der Waals surface area contributed by atoms with E-state index in [0.717, 1.165) is 16.4 Å². The number of fused-ring (bicyclic) bond motifs is 2. The van der Waals surface area contributed by atoms with E-state index < -0.39 is 17.9 Å². The van der Waals surface area contributed by atoms with E-state index in [1.807, 2.05) is 41.8 Å². The molecule has 0 saturated heterocycles. The monoisotopic (exact) mass is 486 g/mol. The summed E-state index contributed by atoms with van der Waals surface area (Å²) in [4.78, 5) is 41.0. The normalized spacial score (nSPS) is 14.6. The van der Waals surface area contributed by atoms with Crippen molar-refractivity contribution >= 4 is 56.4 Å². The summed E-state index contributed by atoms with van der Waals surface area (Å²) in [7, 11) is 0. The highest BCUT2D eigenvalue weighted by Gasteiger charge is 2.35. The minimum atomic E-state index is -0.774. The van der Waals surface area contributed by atoms with Crippen LogP contribution >= 0.6 is 0 Å². The Morgan fingerprint density at radius 2 is 1.83 bits per heavy atom. The Kier molecular flexibility index (Phi) is 6.17. The number of ether oxygens (including phenoxy) is 1. The van der Waals surface area contributed by atoms with Gasteiger partial charge >= 0.3 is 0 Å². The van der Waals surface area contributed by atoms with Crippen molar-refractivity contribution < 1.29 is 24.2 Å². The molecule has 0 bridgehead atoms. The van der Waals surface area contributed by atoms with E-state index >= 15 is 0 Å². The number of rotatable bonds is 8. The van der Waals surface area contributed by atoms with Crippen LogP contribution in [-0.4, -0.2) is 51.7 Å². The van der Waals surface area contributed by atoms with Crippen molar-refractivity contribution in [2.45, 2.75) is 26.5 Å². The van der Waals surface area contributed by atoms with Gasteiger partial charge in [0.15, 0.2) is 0 Å². The van der Waals surface area contributed by atoms with E-state index in [4.69, 9.17) is 4.74 Å². The van der Waals surface area contributed by atoms with E-state index in [0.29, 0.717) is 28.8 Å². The van der Waals surface area contributed by atoms with Crippen molar-refractivity contribution in [3.05, 3.63) is 66.0 Å². The summed E-state index contributed by atoms with van der Waals surface area (Å²) in [6, 6.07) is 12.9. The van der Waals surface area contributed by atoms with Gasteiger partial charge in [0.2, 0.25) is 5.91 Å². The molecule has 2 aromatic carbocycles. The summed E-state index contributed by atoms with van der Waals surface area (Å²) in [5, 5.41) is 17.2. The zero-order valence-corrected chi connectivity index (χ0v) is 19.9. The summed E-state index contributed by atoms with van der Waals surface area (Å²) in [5.41, 5.74) is 3.82. The molecule has 3 amide bonds. The van der Waals surface area contributed by atoms with Gasteiger partial charge in [0.1, 0.15) is 0 Å². The SMILES string of the molecule is CCOCC(O)Cn1cc(C2=C(c3c[nH]c4ccccc34)C(=O)NC2=O)c2cc(NC(C)=O)ccc21. The van der Waals surface area contributed by atoms with Crippen molar-refractivity contribution in [1.82, 2.24) is 14.9 Å². The highest BCUT2D eigenvalue weighted by atomic mass is 16.5. The fourth-order valence-corrected chi connectivity index (χ4v) is 4.71. The molecule has 0 aliphatic carbocycles. The zero-order valence-electron chi connectivity index (χ0n) is 19.9. The van der Waals surface area contributed by atoms with Gasteiger partial charge in [0.25, 0.3) is 11.8 Å². The van der Waals surface area contributed by atoms with Gasteiger partial charge in [-0.25, -0.2) is 0 Å². The number of aromatic nitrogens is 2.